The van der Waals surface area contributed by atoms with E-state index in [-0.39, 0.29) is 0 Å². The molecule has 0 fully saturated rings. The van der Waals surface area contributed by atoms with Gasteiger partial charge in [-0.25, -0.2) is 0 Å². The van der Waals surface area contributed by atoms with Crippen LogP contribution in [-0.2, 0) is 0 Å². The smallest absolute Gasteiger partial charge is 0.0590 e. The van der Waals surface area contributed by atoms with Crippen molar-refractivity contribution in [2.75, 3.05) is 11.9 Å². The van der Waals surface area contributed by atoms with Crippen molar-refractivity contribution in [3.63, 3.8) is 0 Å². The van der Waals surface area contributed by atoms with Gasteiger partial charge >= 0.3 is 0 Å². The molecule has 2 nitrogen and oxygen atoms in total. The van der Waals surface area contributed by atoms with Gasteiger partial charge in [-0.05, 0) is 28.9 Å². The van der Waals surface area contributed by atoms with Gasteiger partial charge in [-0.1, -0.05) is 0 Å². The number of aromatic nitrogens is 1. The van der Waals surface area contributed by atoms with E-state index in [1.165, 1.54) is 0 Å². The quantitative estimate of drug-likeness (QED) is 0.647. The van der Waals surface area contributed by atoms with E-state index in [4.69, 9.17) is 0 Å². The molecule has 0 bridgehead atoms. The zero-order chi connectivity index (χ0) is 9.52. The summed E-state index contributed by atoms with van der Waals surface area (Å²) in [5, 5.41) is 3.26. The Bertz CT molecular complexity index is 325. The van der Waals surface area contributed by atoms with Crippen LogP contribution in [0.1, 0.15) is 13.3 Å². The molecule has 3 heteroatoms. The van der Waals surface area contributed by atoms with Crippen LogP contribution in [0.15, 0.2) is 22.9 Å². The summed E-state index contributed by atoms with van der Waals surface area (Å²) in [5.41, 5.74) is 1.06. The lowest BCUT2D eigenvalue weighted by Crippen LogP contribution is -2.00. The molecular formula is C10H11BrN2. The molecular weight excluding hydrogens is 228 g/mol. The van der Waals surface area contributed by atoms with Gasteiger partial charge in [-0.3, -0.25) is 4.98 Å². The highest BCUT2D eigenvalue weighted by atomic mass is 79.9. The van der Waals surface area contributed by atoms with E-state index >= 15 is 0 Å². The van der Waals surface area contributed by atoms with E-state index in [0.717, 1.165) is 23.1 Å². The lowest BCUT2D eigenvalue weighted by atomic mass is 10.3. The van der Waals surface area contributed by atoms with Crippen molar-refractivity contribution in [3.05, 3.63) is 22.9 Å². The average molecular weight is 239 g/mol. The maximum Gasteiger partial charge on any atom is 0.0590 e. The number of nitrogens with zero attached hydrogens (tertiary/aromatic N) is 1. The molecule has 13 heavy (non-hydrogen) atoms. The van der Waals surface area contributed by atoms with Crippen molar-refractivity contribution >= 4 is 21.6 Å². The van der Waals surface area contributed by atoms with Gasteiger partial charge in [0.1, 0.15) is 0 Å². The highest BCUT2D eigenvalue weighted by Gasteiger charge is 1.95. The first-order valence-electron chi connectivity index (χ1n) is 4.07. The van der Waals surface area contributed by atoms with E-state index in [2.05, 4.69) is 38.1 Å². The SMILES string of the molecule is CC#CCCNc1ccncc1Br. The third kappa shape index (κ3) is 3.47. The van der Waals surface area contributed by atoms with Gasteiger partial charge in [-0.2, -0.15) is 0 Å². The van der Waals surface area contributed by atoms with Crippen LogP contribution in [0.3, 0.4) is 0 Å². The van der Waals surface area contributed by atoms with Crippen molar-refractivity contribution in [2.24, 2.45) is 0 Å². The number of hydrogen-bond acceptors (Lipinski definition) is 2. The molecule has 1 rings (SSSR count). The molecule has 0 aliphatic rings. The van der Waals surface area contributed by atoms with E-state index in [9.17, 15) is 0 Å². The maximum absolute atomic E-state index is 3.97. The molecule has 0 atom stereocenters. The molecule has 0 radical (unpaired) electrons. The lowest BCUT2D eigenvalue weighted by Gasteiger charge is -2.04. The minimum absolute atomic E-state index is 0.865. The summed E-state index contributed by atoms with van der Waals surface area (Å²) >= 11 is 3.40. The Hall–Kier alpha value is -1.01. The molecule has 0 saturated carbocycles. The number of hydrogen-bond donors (Lipinski definition) is 1. The van der Waals surface area contributed by atoms with Crippen LogP contribution in [0.2, 0.25) is 0 Å². The lowest BCUT2D eigenvalue weighted by molar-refractivity contribution is 1.09. The predicted octanol–water partition coefficient (Wildman–Crippen LogP) is 2.67. The normalized spacial score (nSPS) is 8.77. The summed E-state index contributed by atoms with van der Waals surface area (Å²) in [6, 6.07) is 1.93. The fourth-order valence-corrected chi connectivity index (χ4v) is 1.29. The Labute approximate surface area is 86.9 Å². The monoisotopic (exact) mass is 238 g/mol. The Morgan fingerprint density at radius 2 is 2.46 bits per heavy atom. The van der Waals surface area contributed by atoms with Gasteiger partial charge in [0.05, 0.1) is 10.2 Å². The van der Waals surface area contributed by atoms with Crippen LogP contribution in [0.25, 0.3) is 0 Å². The second kappa shape index (κ2) is 5.60. The Morgan fingerprint density at radius 1 is 1.62 bits per heavy atom. The van der Waals surface area contributed by atoms with Gasteiger partial charge in [0.15, 0.2) is 0 Å². The first-order valence-corrected chi connectivity index (χ1v) is 4.87. The van der Waals surface area contributed by atoms with E-state index in [1.54, 1.807) is 12.4 Å². The fourth-order valence-electron chi connectivity index (χ4n) is 0.903. The molecule has 0 unspecified atom stereocenters. The molecule has 1 aromatic rings. The summed E-state index contributed by atoms with van der Waals surface area (Å²) in [4.78, 5) is 3.97. The van der Waals surface area contributed by atoms with Crippen LogP contribution in [0, 0.1) is 11.8 Å². The standard InChI is InChI=1S/C10H11BrN2/c1-2-3-4-6-13-10-5-7-12-8-9(10)11/h5,7-8H,4,6H2,1H3,(H,12,13). The predicted molar refractivity (Wildman–Crippen MR) is 58.5 cm³/mol. The fraction of sp³-hybridized carbons (Fsp3) is 0.300. The second-order valence-corrected chi connectivity index (χ2v) is 3.31. The zero-order valence-electron chi connectivity index (χ0n) is 7.47. The van der Waals surface area contributed by atoms with Crippen LogP contribution in [0.5, 0.6) is 0 Å². The molecule has 0 aromatic carbocycles. The van der Waals surface area contributed by atoms with Crippen LogP contribution in [-0.4, -0.2) is 11.5 Å². The van der Waals surface area contributed by atoms with Gasteiger partial charge in [0, 0.05) is 25.4 Å². The Kier molecular flexibility index (Phi) is 4.34. The molecule has 1 heterocycles. The number of pyridine rings is 1. The third-order valence-electron chi connectivity index (χ3n) is 1.51. The van der Waals surface area contributed by atoms with Crippen molar-refractivity contribution in [3.8, 4) is 11.8 Å². The van der Waals surface area contributed by atoms with Gasteiger partial charge in [-0.15, -0.1) is 11.8 Å². The number of nitrogens with one attached hydrogen (secondary N) is 1. The highest BCUT2D eigenvalue weighted by Crippen LogP contribution is 2.19. The third-order valence-corrected chi connectivity index (χ3v) is 2.15. The Balaban J connectivity index is 2.44. The summed E-state index contributed by atoms with van der Waals surface area (Å²) < 4.78 is 0.986. The van der Waals surface area contributed by atoms with Crippen molar-refractivity contribution in [1.29, 1.82) is 0 Å². The number of anilines is 1. The van der Waals surface area contributed by atoms with Crippen molar-refractivity contribution < 1.29 is 0 Å². The summed E-state index contributed by atoms with van der Waals surface area (Å²) in [5.74, 6) is 5.85. The molecule has 0 spiro atoms. The van der Waals surface area contributed by atoms with Crippen molar-refractivity contribution in [2.45, 2.75) is 13.3 Å². The summed E-state index contributed by atoms with van der Waals surface area (Å²) in [6.07, 6.45) is 4.40. The average Bonchev–Trinajstić information content (AvgIpc) is 2.15. The first-order chi connectivity index (χ1) is 6.34. The molecule has 0 aliphatic heterocycles. The van der Waals surface area contributed by atoms with E-state index < -0.39 is 0 Å². The van der Waals surface area contributed by atoms with Crippen LogP contribution >= 0.6 is 15.9 Å². The second-order valence-electron chi connectivity index (χ2n) is 2.46. The summed E-state index contributed by atoms with van der Waals surface area (Å²) in [6.45, 7) is 2.71. The van der Waals surface area contributed by atoms with Gasteiger partial charge < -0.3 is 5.32 Å². The molecule has 1 N–H and O–H groups in total. The highest BCUT2D eigenvalue weighted by molar-refractivity contribution is 9.10. The number of rotatable bonds is 3. The molecule has 0 aliphatic carbocycles. The zero-order valence-corrected chi connectivity index (χ0v) is 9.06. The molecule has 0 amide bonds. The Morgan fingerprint density at radius 3 is 3.15 bits per heavy atom. The van der Waals surface area contributed by atoms with Crippen LogP contribution in [0.4, 0.5) is 5.69 Å². The number of halogens is 1. The van der Waals surface area contributed by atoms with Crippen LogP contribution < -0.4 is 5.32 Å². The molecule has 68 valence electrons. The first kappa shape index (κ1) is 10.1. The van der Waals surface area contributed by atoms with Gasteiger partial charge in [0.25, 0.3) is 0 Å². The summed E-state index contributed by atoms with van der Waals surface area (Å²) in [7, 11) is 0. The molecule has 0 saturated heterocycles. The minimum Gasteiger partial charge on any atom is -0.383 e. The van der Waals surface area contributed by atoms with Crippen molar-refractivity contribution in [1.82, 2.24) is 4.98 Å². The minimum atomic E-state index is 0.865. The maximum atomic E-state index is 3.97. The van der Waals surface area contributed by atoms with E-state index in [1.807, 2.05) is 13.0 Å². The topological polar surface area (TPSA) is 24.9 Å². The molecule has 1 aromatic heterocycles. The van der Waals surface area contributed by atoms with Gasteiger partial charge in [0.2, 0.25) is 0 Å². The largest absolute Gasteiger partial charge is 0.383 e. The van der Waals surface area contributed by atoms with E-state index in [0.29, 0.717) is 0 Å².